The van der Waals surface area contributed by atoms with Crippen molar-refractivity contribution in [1.29, 1.82) is 0 Å². The minimum atomic E-state index is -3.76. The number of hydrogen-bond acceptors (Lipinski definition) is 4. The second-order valence-electron chi connectivity index (χ2n) is 4.35. The number of rotatable bonds is 5. The Balaban J connectivity index is 3.30. The first-order valence-corrected chi connectivity index (χ1v) is 7.29. The summed E-state index contributed by atoms with van der Waals surface area (Å²) in [4.78, 5) is 11.0. The number of nitrogens with zero attached hydrogens (tertiary/aromatic N) is 1. The number of hydrogen-bond donors (Lipinski definition) is 2. The van der Waals surface area contributed by atoms with E-state index in [2.05, 4.69) is 0 Å². The number of carbonyl (C=O) groups is 1. The van der Waals surface area contributed by atoms with Gasteiger partial charge in [0.05, 0.1) is 11.4 Å². The Morgan fingerprint density at radius 1 is 1.32 bits per heavy atom. The molecule has 4 N–H and O–H groups in total. The zero-order valence-corrected chi connectivity index (χ0v) is 12.1. The molecule has 1 rings (SSSR count). The molecule has 0 heterocycles. The second-order valence-corrected chi connectivity index (χ2v) is 6.29. The average Bonchev–Trinajstić information content (AvgIpc) is 2.31. The summed E-state index contributed by atoms with van der Waals surface area (Å²) in [5, 5.41) is 0. The minimum Gasteiger partial charge on any atom is -0.398 e. The molecule has 0 radical (unpaired) electrons. The lowest BCUT2D eigenvalue weighted by atomic mass is 10.1. The molecule has 0 aliphatic carbocycles. The van der Waals surface area contributed by atoms with Crippen molar-refractivity contribution in [1.82, 2.24) is 4.31 Å². The second kappa shape index (κ2) is 5.58. The summed E-state index contributed by atoms with van der Waals surface area (Å²) in [5.41, 5.74) is 12.9. The van der Waals surface area contributed by atoms with Crippen LogP contribution in [0.5, 0.6) is 0 Å². The maximum absolute atomic E-state index is 12.4. The van der Waals surface area contributed by atoms with Crippen molar-refractivity contribution in [3.63, 3.8) is 0 Å². The van der Waals surface area contributed by atoms with Crippen molar-refractivity contribution in [2.45, 2.75) is 25.7 Å². The Morgan fingerprint density at radius 3 is 2.32 bits per heavy atom. The van der Waals surface area contributed by atoms with Crippen LogP contribution >= 0.6 is 0 Å². The van der Waals surface area contributed by atoms with Crippen LogP contribution in [-0.2, 0) is 14.8 Å². The van der Waals surface area contributed by atoms with Crippen LogP contribution in [0.1, 0.15) is 18.1 Å². The predicted octanol–water partition coefficient (Wildman–Crippen LogP) is 0.382. The lowest BCUT2D eigenvalue weighted by molar-refractivity contribution is -0.118. The van der Waals surface area contributed by atoms with E-state index in [9.17, 15) is 13.2 Å². The molecule has 106 valence electrons. The van der Waals surface area contributed by atoms with Crippen molar-refractivity contribution in [3.05, 3.63) is 23.3 Å². The molecular formula is C12H19N3O3S. The van der Waals surface area contributed by atoms with Gasteiger partial charge < -0.3 is 11.5 Å². The quantitative estimate of drug-likeness (QED) is 0.763. The van der Waals surface area contributed by atoms with E-state index in [-0.39, 0.29) is 18.0 Å². The van der Waals surface area contributed by atoms with Gasteiger partial charge in [-0.25, -0.2) is 8.42 Å². The number of likely N-dealkylation sites (N-methyl/N-ethyl adjacent to an activating group) is 1. The number of amides is 1. The first kappa shape index (κ1) is 15.5. The van der Waals surface area contributed by atoms with Crippen LogP contribution in [0.4, 0.5) is 5.69 Å². The molecule has 0 spiro atoms. The van der Waals surface area contributed by atoms with Crippen molar-refractivity contribution < 1.29 is 13.2 Å². The van der Waals surface area contributed by atoms with Crippen LogP contribution in [0.15, 0.2) is 17.0 Å². The van der Waals surface area contributed by atoms with Gasteiger partial charge in [-0.3, -0.25) is 4.79 Å². The third-order valence-corrected chi connectivity index (χ3v) is 4.90. The van der Waals surface area contributed by atoms with Gasteiger partial charge in [0.2, 0.25) is 15.9 Å². The summed E-state index contributed by atoms with van der Waals surface area (Å²) in [5.74, 6) is -0.692. The van der Waals surface area contributed by atoms with E-state index in [1.165, 1.54) is 6.07 Å². The van der Waals surface area contributed by atoms with Gasteiger partial charge in [-0.15, -0.1) is 0 Å². The number of primary amides is 1. The van der Waals surface area contributed by atoms with E-state index in [1.807, 2.05) is 6.92 Å². The van der Waals surface area contributed by atoms with E-state index < -0.39 is 15.9 Å². The number of nitrogen functional groups attached to an aromatic ring is 1. The Labute approximate surface area is 113 Å². The number of nitrogens with two attached hydrogens (primary N) is 2. The highest BCUT2D eigenvalue weighted by Crippen LogP contribution is 2.23. The maximum atomic E-state index is 12.4. The fourth-order valence-corrected chi connectivity index (χ4v) is 3.23. The molecule has 6 nitrogen and oxygen atoms in total. The van der Waals surface area contributed by atoms with Gasteiger partial charge in [-0.2, -0.15) is 4.31 Å². The van der Waals surface area contributed by atoms with Crippen LogP contribution in [0.25, 0.3) is 0 Å². The van der Waals surface area contributed by atoms with Crippen molar-refractivity contribution in [2.24, 2.45) is 5.73 Å². The van der Waals surface area contributed by atoms with Gasteiger partial charge >= 0.3 is 0 Å². The highest BCUT2D eigenvalue weighted by atomic mass is 32.2. The summed E-state index contributed by atoms with van der Waals surface area (Å²) < 4.78 is 25.8. The van der Waals surface area contributed by atoms with Gasteiger partial charge in [0, 0.05) is 12.2 Å². The molecule has 0 saturated heterocycles. The van der Waals surface area contributed by atoms with Gasteiger partial charge in [-0.1, -0.05) is 6.92 Å². The van der Waals surface area contributed by atoms with Gasteiger partial charge in [0.1, 0.15) is 0 Å². The summed E-state index contributed by atoms with van der Waals surface area (Å²) in [7, 11) is -3.76. The SMILES string of the molecule is CCN(CC(N)=O)S(=O)(=O)c1cc(C)c(C)c(N)c1. The third-order valence-electron chi connectivity index (χ3n) is 3.00. The maximum Gasteiger partial charge on any atom is 0.243 e. The molecule has 19 heavy (non-hydrogen) atoms. The minimum absolute atomic E-state index is 0.0798. The fourth-order valence-electron chi connectivity index (χ4n) is 1.69. The third kappa shape index (κ3) is 3.24. The Kier molecular flexibility index (Phi) is 4.54. The Bertz CT molecular complexity index is 573. The number of carbonyl (C=O) groups excluding carboxylic acids is 1. The molecule has 7 heteroatoms. The Morgan fingerprint density at radius 2 is 1.89 bits per heavy atom. The highest BCUT2D eigenvalue weighted by Gasteiger charge is 2.25. The topological polar surface area (TPSA) is 106 Å². The molecule has 0 aromatic heterocycles. The summed E-state index contributed by atoms with van der Waals surface area (Å²) in [6.45, 7) is 5.08. The largest absolute Gasteiger partial charge is 0.398 e. The van der Waals surface area contributed by atoms with Crippen molar-refractivity contribution in [2.75, 3.05) is 18.8 Å². The van der Waals surface area contributed by atoms with Crippen LogP contribution in [0.2, 0.25) is 0 Å². The number of benzene rings is 1. The standard InChI is InChI=1S/C12H19N3O3S/c1-4-15(7-12(14)16)19(17,18)10-5-8(2)9(3)11(13)6-10/h5-6H,4,7,13H2,1-3H3,(H2,14,16). The Hall–Kier alpha value is -1.60. The van der Waals surface area contributed by atoms with E-state index >= 15 is 0 Å². The molecule has 0 saturated carbocycles. The van der Waals surface area contributed by atoms with Gasteiger partial charge in [0.25, 0.3) is 0 Å². The van der Waals surface area contributed by atoms with Crippen LogP contribution in [0.3, 0.4) is 0 Å². The zero-order valence-electron chi connectivity index (χ0n) is 11.3. The molecule has 1 aromatic rings. The summed E-state index contributed by atoms with van der Waals surface area (Å²) in [6.07, 6.45) is 0. The van der Waals surface area contributed by atoms with Crippen LogP contribution < -0.4 is 11.5 Å². The fraction of sp³-hybridized carbons (Fsp3) is 0.417. The lowest BCUT2D eigenvalue weighted by Gasteiger charge is -2.20. The number of sulfonamides is 1. The van der Waals surface area contributed by atoms with Crippen LogP contribution in [0, 0.1) is 13.8 Å². The number of aryl methyl sites for hydroxylation is 1. The monoisotopic (exact) mass is 285 g/mol. The van der Waals surface area contributed by atoms with Crippen molar-refractivity contribution in [3.8, 4) is 0 Å². The average molecular weight is 285 g/mol. The smallest absolute Gasteiger partial charge is 0.243 e. The van der Waals surface area contributed by atoms with Gasteiger partial charge in [0.15, 0.2) is 0 Å². The molecule has 1 aromatic carbocycles. The van der Waals surface area contributed by atoms with E-state index in [0.717, 1.165) is 15.4 Å². The van der Waals surface area contributed by atoms with E-state index in [1.54, 1.807) is 19.9 Å². The zero-order chi connectivity index (χ0) is 14.8. The molecule has 0 aliphatic heterocycles. The molecule has 0 unspecified atom stereocenters. The van der Waals surface area contributed by atoms with Crippen LogP contribution in [-0.4, -0.2) is 31.7 Å². The highest BCUT2D eigenvalue weighted by molar-refractivity contribution is 7.89. The molecule has 0 atom stereocenters. The summed E-state index contributed by atoms with van der Waals surface area (Å²) >= 11 is 0. The van der Waals surface area contributed by atoms with Gasteiger partial charge in [-0.05, 0) is 37.1 Å². The predicted molar refractivity (Wildman–Crippen MR) is 74.0 cm³/mol. The molecule has 0 aliphatic rings. The number of anilines is 1. The van der Waals surface area contributed by atoms with E-state index in [0.29, 0.717) is 5.69 Å². The van der Waals surface area contributed by atoms with Crippen molar-refractivity contribution >= 4 is 21.6 Å². The molecule has 0 bridgehead atoms. The lowest BCUT2D eigenvalue weighted by Crippen LogP contribution is -2.38. The first-order chi connectivity index (χ1) is 8.70. The molecule has 0 fully saturated rings. The normalized spacial score (nSPS) is 11.8. The summed E-state index contributed by atoms with van der Waals surface area (Å²) in [6, 6.07) is 2.95. The molecular weight excluding hydrogens is 266 g/mol. The van der Waals surface area contributed by atoms with E-state index in [4.69, 9.17) is 11.5 Å². The molecule has 1 amide bonds. The first-order valence-electron chi connectivity index (χ1n) is 5.85.